The molecule has 0 saturated carbocycles. The van der Waals surface area contributed by atoms with E-state index in [1.54, 1.807) is 22.9 Å². The van der Waals surface area contributed by atoms with Gasteiger partial charge in [-0.05, 0) is 42.3 Å². The summed E-state index contributed by atoms with van der Waals surface area (Å²) in [5, 5.41) is 11.4. The molecule has 6 rings (SSSR count). The van der Waals surface area contributed by atoms with Crippen molar-refractivity contribution in [2.24, 2.45) is 0 Å². The molecule has 0 fully saturated rings. The Morgan fingerprint density at radius 2 is 1.68 bits per heavy atom. The lowest BCUT2D eigenvalue weighted by Crippen LogP contribution is -2.45. The summed E-state index contributed by atoms with van der Waals surface area (Å²) < 4.78 is 12.7. The first-order valence-corrected chi connectivity index (χ1v) is 12.9. The van der Waals surface area contributed by atoms with Crippen LogP contribution in [0.15, 0.2) is 97.1 Å². The molecule has 5 aromatic rings. The molecule has 9 heteroatoms. The minimum Gasteiger partial charge on any atom is -0.454 e. The molecular weight excluding hydrogens is 506 g/mol. The van der Waals surface area contributed by atoms with Crippen LogP contribution in [0, 0.1) is 6.92 Å². The Labute approximate surface area is 230 Å². The predicted molar refractivity (Wildman–Crippen MR) is 150 cm³/mol. The van der Waals surface area contributed by atoms with Crippen LogP contribution < -0.4 is 19.7 Å². The predicted octanol–water partition coefficient (Wildman–Crippen LogP) is 4.56. The van der Waals surface area contributed by atoms with Gasteiger partial charge in [-0.3, -0.25) is 14.5 Å². The van der Waals surface area contributed by atoms with Gasteiger partial charge in [-0.1, -0.05) is 77.5 Å². The van der Waals surface area contributed by atoms with Crippen LogP contribution in [0.5, 0.6) is 11.5 Å². The van der Waals surface area contributed by atoms with E-state index in [-0.39, 0.29) is 25.2 Å². The van der Waals surface area contributed by atoms with Crippen LogP contribution in [0.1, 0.15) is 22.7 Å². The maximum absolute atomic E-state index is 14.2. The standard InChI is InChI=1S/C31H27N5O4/c1-21-11-13-23(14-12-21)30(31(38)32-18-22-7-3-2-4-8-22)36(24-15-16-27-28(17-24)40-20-39-27)29(37)19-35-26-10-6-5-9-25(26)33-34-35/h2-17,30H,18-20H2,1H3,(H,32,38)/t30-/m1/s1. The van der Waals surface area contributed by atoms with Gasteiger partial charge in [0.15, 0.2) is 11.5 Å². The number of rotatable bonds is 8. The van der Waals surface area contributed by atoms with Gasteiger partial charge in [0, 0.05) is 18.3 Å². The molecule has 0 radical (unpaired) electrons. The van der Waals surface area contributed by atoms with Gasteiger partial charge < -0.3 is 14.8 Å². The number of nitrogens with zero attached hydrogens (tertiary/aromatic N) is 4. The molecule has 1 aliphatic rings. The third-order valence-electron chi connectivity index (χ3n) is 6.82. The van der Waals surface area contributed by atoms with E-state index in [0.29, 0.717) is 34.8 Å². The Morgan fingerprint density at radius 3 is 2.50 bits per heavy atom. The molecule has 4 aromatic carbocycles. The highest BCUT2D eigenvalue weighted by atomic mass is 16.7. The average Bonchev–Trinajstić information content (AvgIpc) is 3.62. The van der Waals surface area contributed by atoms with Crippen LogP contribution in [0.2, 0.25) is 0 Å². The lowest BCUT2D eigenvalue weighted by atomic mass is 10.0. The first-order chi connectivity index (χ1) is 19.6. The number of para-hydroxylation sites is 1. The summed E-state index contributed by atoms with van der Waals surface area (Å²) in [4.78, 5) is 29.7. The molecule has 1 aromatic heterocycles. The number of fused-ring (bicyclic) bond motifs is 2. The highest BCUT2D eigenvalue weighted by Crippen LogP contribution is 2.38. The maximum atomic E-state index is 14.2. The molecule has 200 valence electrons. The zero-order valence-electron chi connectivity index (χ0n) is 21.9. The van der Waals surface area contributed by atoms with Crippen LogP contribution in [0.3, 0.4) is 0 Å². The Morgan fingerprint density at radius 1 is 0.925 bits per heavy atom. The van der Waals surface area contributed by atoms with Crippen LogP contribution in [0.4, 0.5) is 5.69 Å². The van der Waals surface area contributed by atoms with Crippen LogP contribution in [-0.2, 0) is 22.7 Å². The Hall–Kier alpha value is -5.18. The third-order valence-corrected chi connectivity index (χ3v) is 6.82. The Balaban J connectivity index is 1.41. The van der Waals surface area contributed by atoms with E-state index in [1.165, 1.54) is 4.90 Å². The number of aromatic nitrogens is 3. The van der Waals surface area contributed by atoms with Gasteiger partial charge in [0.2, 0.25) is 18.6 Å². The van der Waals surface area contributed by atoms with E-state index in [4.69, 9.17) is 9.47 Å². The number of aryl methyl sites for hydroxylation is 1. The summed E-state index contributed by atoms with van der Waals surface area (Å²) in [6.07, 6.45) is 0. The third kappa shape index (κ3) is 5.09. The van der Waals surface area contributed by atoms with Crippen molar-refractivity contribution in [2.45, 2.75) is 26.1 Å². The fraction of sp³-hybridized carbons (Fsp3) is 0.161. The van der Waals surface area contributed by atoms with Gasteiger partial charge in [-0.15, -0.1) is 5.10 Å². The molecule has 0 spiro atoms. The molecule has 1 N–H and O–H groups in total. The first-order valence-electron chi connectivity index (χ1n) is 12.9. The topological polar surface area (TPSA) is 98.6 Å². The molecule has 1 aliphatic heterocycles. The normalized spacial score (nSPS) is 12.7. The van der Waals surface area contributed by atoms with Crippen molar-refractivity contribution in [1.29, 1.82) is 0 Å². The number of anilines is 1. The largest absolute Gasteiger partial charge is 0.454 e. The number of hydrogen-bond acceptors (Lipinski definition) is 6. The van der Waals surface area contributed by atoms with Crippen molar-refractivity contribution in [3.8, 4) is 11.5 Å². The van der Waals surface area contributed by atoms with Gasteiger partial charge in [0.1, 0.15) is 18.1 Å². The number of amides is 2. The molecule has 0 saturated heterocycles. The van der Waals surface area contributed by atoms with E-state index in [9.17, 15) is 9.59 Å². The van der Waals surface area contributed by atoms with Gasteiger partial charge in [0.05, 0.1) is 5.52 Å². The Kier molecular flexibility index (Phi) is 6.84. The van der Waals surface area contributed by atoms with E-state index in [2.05, 4.69) is 15.6 Å². The molecular formula is C31H27N5O4. The fourth-order valence-corrected chi connectivity index (χ4v) is 4.76. The summed E-state index contributed by atoms with van der Waals surface area (Å²) in [7, 11) is 0. The number of carbonyl (C=O) groups excluding carboxylic acids is 2. The van der Waals surface area contributed by atoms with E-state index in [1.807, 2.05) is 85.8 Å². The smallest absolute Gasteiger partial charge is 0.249 e. The maximum Gasteiger partial charge on any atom is 0.249 e. The van der Waals surface area contributed by atoms with Crippen LogP contribution in [0.25, 0.3) is 11.0 Å². The lowest BCUT2D eigenvalue weighted by Gasteiger charge is -2.32. The van der Waals surface area contributed by atoms with Crippen LogP contribution >= 0.6 is 0 Å². The number of benzene rings is 4. The molecule has 0 unspecified atom stereocenters. The molecule has 40 heavy (non-hydrogen) atoms. The van der Waals surface area contributed by atoms with Gasteiger partial charge in [-0.2, -0.15) is 0 Å². The number of carbonyl (C=O) groups is 2. The van der Waals surface area contributed by atoms with E-state index < -0.39 is 6.04 Å². The van der Waals surface area contributed by atoms with Gasteiger partial charge in [-0.25, -0.2) is 4.68 Å². The zero-order chi connectivity index (χ0) is 27.5. The average molecular weight is 534 g/mol. The number of hydrogen-bond donors (Lipinski definition) is 1. The lowest BCUT2D eigenvalue weighted by molar-refractivity contribution is -0.127. The first kappa shape index (κ1) is 25.1. The molecule has 2 amide bonds. The quantitative estimate of drug-likeness (QED) is 0.314. The highest BCUT2D eigenvalue weighted by Gasteiger charge is 2.34. The Bertz CT molecular complexity index is 1670. The number of nitrogens with one attached hydrogen (secondary N) is 1. The second kappa shape index (κ2) is 10.9. The second-order valence-electron chi connectivity index (χ2n) is 9.55. The highest BCUT2D eigenvalue weighted by molar-refractivity contribution is 6.01. The molecule has 0 bridgehead atoms. The second-order valence-corrected chi connectivity index (χ2v) is 9.55. The van der Waals surface area contributed by atoms with Crippen molar-refractivity contribution in [3.63, 3.8) is 0 Å². The van der Waals surface area contributed by atoms with Crippen molar-refractivity contribution in [2.75, 3.05) is 11.7 Å². The summed E-state index contributed by atoms with van der Waals surface area (Å²) in [6.45, 7) is 2.27. The SMILES string of the molecule is Cc1ccc([C@H](C(=O)NCc2ccccc2)N(C(=O)Cn2nnc3ccccc32)c2ccc3c(c2)OCO3)cc1. The van der Waals surface area contributed by atoms with Crippen molar-refractivity contribution < 1.29 is 19.1 Å². The van der Waals surface area contributed by atoms with Crippen molar-refractivity contribution >= 4 is 28.5 Å². The monoisotopic (exact) mass is 533 g/mol. The van der Waals surface area contributed by atoms with Crippen molar-refractivity contribution in [3.05, 3.63) is 114 Å². The fourth-order valence-electron chi connectivity index (χ4n) is 4.76. The minimum absolute atomic E-state index is 0.0939. The van der Waals surface area contributed by atoms with Gasteiger partial charge in [0.25, 0.3) is 0 Å². The summed E-state index contributed by atoms with van der Waals surface area (Å²) in [6, 6.07) is 29.0. The molecule has 0 aliphatic carbocycles. The summed E-state index contributed by atoms with van der Waals surface area (Å²) in [5.74, 6) is 0.435. The molecule has 1 atom stereocenters. The molecule has 9 nitrogen and oxygen atoms in total. The van der Waals surface area contributed by atoms with Crippen LogP contribution in [-0.4, -0.2) is 33.6 Å². The summed E-state index contributed by atoms with van der Waals surface area (Å²) in [5.41, 5.74) is 4.57. The van der Waals surface area contributed by atoms with E-state index >= 15 is 0 Å². The van der Waals surface area contributed by atoms with Crippen molar-refractivity contribution in [1.82, 2.24) is 20.3 Å². The zero-order valence-corrected chi connectivity index (χ0v) is 21.9. The summed E-state index contributed by atoms with van der Waals surface area (Å²) >= 11 is 0. The number of ether oxygens (including phenoxy) is 2. The molecule has 2 heterocycles. The minimum atomic E-state index is -0.966. The van der Waals surface area contributed by atoms with Gasteiger partial charge >= 0.3 is 0 Å². The van der Waals surface area contributed by atoms with E-state index in [0.717, 1.165) is 16.6 Å².